The Hall–Kier alpha value is 1.14. The third kappa shape index (κ3) is 4.53. The SMILES string of the molecule is C=C[Si](C)(OC)OC.[Ca+2].[H-].[H-]. The minimum Gasteiger partial charge on any atom is -1.00 e. The maximum Gasteiger partial charge on any atom is 2.00 e. The van der Waals surface area contributed by atoms with Gasteiger partial charge in [0.05, 0.1) is 0 Å². The van der Waals surface area contributed by atoms with Crippen molar-refractivity contribution in [3.63, 3.8) is 0 Å². The molecule has 0 spiro atoms. The van der Waals surface area contributed by atoms with Gasteiger partial charge in [0.15, 0.2) is 0 Å². The second-order valence-electron chi connectivity index (χ2n) is 1.63. The van der Waals surface area contributed by atoms with Gasteiger partial charge < -0.3 is 11.7 Å². The molecule has 0 aromatic carbocycles. The summed E-state index contributed by atoms with van der Waals surface area (Å²) in [6.45, 7) is 5.52. The molecule has 0 amide bonds. The van der Waals surface area contributed by atoms with Crippen LogP contribution >= 0.6 is 0 Å². The van der Waals surface area contributed by atoms with Gasteiger partial charge in [-0.15, -0.1) is 6.58 Å². The Morgan fingerprint density at radius 3 is 1.78 bits per heavy atom. The van der Waals surface area contributed by atoms with Crippen molar-refractivity contribution in [3.8, 4) is 0 Å². The van der Waals surface area contributed by atoms with E-state index in [1.807, 2.05) is 6.55 Å². The van der Waals surface area contributed by atoms with Crippen LogP contribution in [0.3, 0.4) is 0 Å². The molecule has 0 N–H and O–H groups in total. The van der Waals surface area contributed by atoms with E-state index >= 15 is 0 Å². The van der Waals surface area contributed by atoms with Crippen molar-refractivity contribution in [2.24, 2.45) is 0 Å². The van der Waals surface area contributed by atoms with Gasteiger partial charge in [-0.25, -0.2) is 0 Å². The maximum atomic E-state index is 5.03. The van der Waals surface area contributed by atoms with Gasteiger partial charge in [0.2, 0.25) is 0 Å². The van der Waals surface area contributed by atoms with Crippen LogP contribution in [0.2, 0.25) is 6.55 Å². The van der Waals surface area contributed by atoms with Gasteiger partial charge in [-0.1, -0.05) is 0 Å². The second kappa shape index (κ2) is 5.89. The summed E-state index contributed by atoms with van der Waals surface area (Å²) < 4.78 is 10.1. The Morgan fingerprint density at radius 2 is 1.78 bits per heavy atom. The molecule has 0 atom stereocenters. The van der Waals surface area contributed by atoms with Crippen molar-refractivity contribution in [1.29, 1.82) is 0 Å². The minimum atomic E-state index is -1.91. The summed E-state index contributed by atoms with van der Waals surface area (Å²) in [7, 11) is 1.37. The largest absolute Gasteiger partial charge is 2.00 e. The van der Waals surface area contributed by atoms with Crippen LogP contribution < -0.4 is 0 Å². The molecule has 2 nitrogen and oxygen atoms in total. The first kappa shape index (κ1) is 12.8. The molecule has 0 aromatic heterocycles. The van der Waals surface area contributed by atoms with Crippen molar-refractivity contribution in [3.05, 3.63) is 12.3 Å². The molecule has 4 heteroatoms. The third-order valence-electron chi connectivity index (χ3n) is 1.18. The van der Waals surface area contributed by atoms with Crippen molar-refractivity contribution >= 4 is 46.3 Å². The minimum absolute atomic E-state index is 0. The van der Waals surface area contributed by atoms with E-state index in [4.69, 9.17) is 8.85 Å². The molecule has 0 aliphatic carbocycles. The van der Waals surface area contributed by atoms with Gasteiger partial charge in [-0.3, -0.25) is 0 Å². The summed E-state index contributed by atoms with van der Waals surface area (Å²) in [5.74, 6) is 0. The van der Waals surface area contributed by atoms with Crippen molar-refractivity contribution in [2.75, 3.05) is 14.2 Å². The predicted molar refractivity (Wildman–Crippen MR) is 43.8 cm³/mol. The van der Waals surface area contributed by atoms with Crippen LogP contribution in [0.25, 0.3) is 0 Å². The average molecular weight is 174 g/mol. The Kier molecular flexibility index (Phi) is 8.36. The molecule has 0 fully saturated rings. The van der Waals surface area contributed by atoms with Crippen molar-refractivity contribution in [1.82, 2.24) is 0 Å². The van der Waals surface area contributed by atoms with E-state index in [0.29, 0.717) is 0 Å². The molecule has 0 aliphatic heterocycles. The first-order chi connectivity index (χ1) is 3.68. The molecule has 9 heavy (non-hydrogen) atoms. The molecule has 0 rings (SSSR count). The Balaban J connectivity index is -0.0000000817. The smallest absolute Gasteiger partial charge is 1.00 e. The third-order valence-corrected chi connectivity index (χ3v) is 3.54. The van der Waals surface area contributed by atoms with Crippen LogP contribution in [0.1, 0.15) is 2.85 Å². The fourth-order valence-electron chi connectivity index (χ4n) is 0.250. The van der Waals surface area contributed by atoms with E-state index in [-0.39, 0.29) is 40.6 Å². The molecule has 52 valence electrons. The second-order valence-corrected chi connectivity index (χ2v) is 4.88. The van der Waals surface area contributed by atoms with Crippen molar-refractivity contribution < 1.29 is 11.7 Å². The van der Waals surface area contributed by atoms with E-state index in [0.717, 1.165) is 0 Å². The van der Waals surface area contributed by atoms with Crippen LogP contribution in [0.15, 0.2) is 12.3 Å². The molecule has 0 unspecified atom stereocenters. The van der Waals surface area contributed by atoms with E-state index in [1.54, 1.807) is 19.9 Å². The van der Waals surface area contributed by atoms with E-state index < -0.39 is 8.56 Å². The molecule has 0 saturated carbocycles. The summed E-state index contributed by atoms with van der Waals surface area (Å²) >= 11 is 0. The number of hydrogen-bond donors (Lipinski definition) is 0. The topological polar surface area (TPSA) is 18.5 Å². The first-order valence-electron chi connectivity index (χ1n) is 2.42. The number of rotatable bonds is 3. The zero-order valence-electron chi connectivity index (χ0n) is 8.31. The summed E-state index contributed by atoms with van der Waals surface area (Å²) in [6.07, 6.45) is 0. The summed E-state index contributed by atoms with van der Waals surface area (Å²) in [5, 5.41) is 0. The molecular formula is C5H14CaO2Si. The van der Waals surface area contributed by atoms with Gasteiger partial charge in [-0.2, -0.15) is 0 Å². The zero-order chi connectivity index (χ0) is 6.62. The van der Waals surface area contributed by atoms with Gasteiger partial charge in [0.1, 0.15) is 0 Å². The Bertz CT molecular complexity index is 90.6. The normalized spacial score (nSPS) is 10.1. The summed E-state index contributed by atoms with van der Waals surface area (Å²) in [4.78, 5) is 0. The van der Waals surface area contributed by atoms with E-state index in [1.165, 1.54) is 0 Å². The molecule has 0 saturated heterocycles. The molecule has 0 aliphatic rings. The molecule has 0 aromatic rings. The van der Waals surface area contributed by atoms with Crippen molar-refractivity contribution in [2.45, 2.75) is 6.55 Å². The molecule has 0 bridgehead atoms. The molecule has 0 heterocycles. The summed E-state index contributed by atoms with van der Waals surface area (Å²) in [5.41, 5.74) is 1.74. The van der Waals surface area contributed by atoms with Gasteiger partial charge in [0, 0.05) is 14.2 Å². The Labute approximate surface area is 90.4 Å². The monoisotopic (exact) mass is 174 g/mol. The summed E-state index contributed by atoms with van der Waals surface area (Å²) in [6, 6.07) is 0. The van der Waals surface area contributed by atoms with E-state index in [2.05, 4.69) is 6.58 Å². The average Bonchev–Trinajstić information content (AvgIpc) is 1.87. The van der Waals surface area contributed by atoms with Gasteiger partial charge in [-0.05, 0) is 12.2 Å². The quantitative estimate of drug-likeness (QED) is 0.592. The maximum absolute atomic E-state index is 5.03. The standard InChI is InChI=1S/C5H12O2Si.Ca.2H/c1-5-8(4,6-2)7-3;;;/h5H,1H2,2-4H3;;;/q;+2;2*-1. The van der Waals surface area contributed by atoms with E-state index in [9.17, 15) is 0 Å². The zero-order valence-corrected chi connectivity index (χ0v) is 9.52. The predicted octanol–water partition coefficient (Wildman–Crippen LogP) is 0.921. The van der Waals surface area contributed by atoms with Crippen LogP contribution in [0.5, 0.6) is 0 Å². The fourth-order valence-corrected chi connectivity index (χ4v) is 0.750. The van der Waals surface area contributed by atoms with Gasteiger partial charge in [0.25, 0.3) is 0 Å². The van der Waals surface area contributed by atoms with Crippen LogP contribution in [0.4, 0.5) is 0 Å². The van der Waals surface area contributed by atoms with Crippen LogP contribution in [0, 0.1) is 0 Å². The first-order valence-corrected chi connectivity index (χ1v) is 4.82. The fraction of sp³-hybridized carbons (Fsp3) is 0.600. The van der Waals surface area contributed by atoms with Gasteiger partial charge >= 0.3 is 46.3 Å². The van der Waals surface area contributed by atoms with Crippen LogP contribution in [-0.4, -0.2) is 60.5 Å². The Morgan fingerprint density at radius 1 is 1.44 bits per heavy atom. The number of hydrogen-bond acceptors (Lipinski definition) is 2. The van der Waals surface area contributed by atoms with Crippen LogP contribution in [-0.2, 0) is 8.85 Å². The molecule has 0 radical (unpaired) electrons. The molecular weight excluding hydrogens is 160 g/mol.